The maximum Gasteiger partial charge on any atom is 0.248 e. The Hall–Kier alpha value is -2.64. The molecule has 0 unspecified atom stereocenters. The lowest BCUT2D eigenvalue weighted by molar-refractivity contribution is -0.111. The van der Waals surface area contributed by atoms with Crippen LogP contribution in [0.4, 0.5) is 5.69 Å². The van der Waals surface area contributed by atoms with E-state index in [0.717, 1.165) is 36.9 Å². The van der Waals surface area contributed by atoms with E-state index in [1.807, 2.05) is 24.3 Å². The zero-order chi connectivity index (χ0) is 21.6. The normalized spacial score (nSPS) is 15.3. The van der Waals surface area contributed by atoms with E-state index < -0.39 is 10.0 Å². The lowest BCUT2D eigenvalue weighted by Crippen LogP contribution is -2.35. The second kappa shape index (κ2) is 9.91. The summed E-state index contributed by atoms with van der Waals surface area (Å²) in [7, 11) is -2.19. The van der Waals surface area contributed by atoms with E-state index in [2.05, 4.69) is 12.2 Å². The fraction of sp³-hybridized carbons (Fsp3) is 0.348. The lowest BCUT2D eigenvalue weighted by atomic mass is 10.1. The molecule has 0 spiro atoms. The van der Waals surface area contributed by atoms with Crippen LogP contribution in [0.5, 0.6) is 5.75 Å². The molecule has 7 heteroatoms. The molecule has 1 N–H and O–H groups in total. The van der Waals surface area contributed by atoms with E-state index in [9.17, 15) is 13.2 Å². The van der Waals surface area contributed by atoms with Gasteiger partial charge >= 0.3 is 0 Å². The first-order valence-corrected chi connectivity index (χ1v) is 11.6. The zero-order valence-electron chi connectivity index (χ0n) is 17.4. The number of carbonyl (C=O) groups excluding carboxylic acids is 1. The third-order valence-electron chi connectivity index (χ3n) is 5.15. The molecule has 2 aromatic rings. The summed E-state index contributed by atoms with van der Waals surface area (Å²) < 4.78 is 33.0. The Labute approximate surface area is 178 Å². The maximum absolute atomic E-state index is 13.1. The Bertz CT molecular complexity index is 1030. The SMILES string of the molecule is CCc1cccc(NC(=O)/C=C/c2ccc(OC)c(S(=O)(=O)N3CCCCC3)c2)c1. The molecule has 0 saturated carbocycles. The highest BCUT2D eigenvalue weighted by Crippen LogP contribution is 2.30. The van der Waals surface area contributed by atoms with E-state index in [4.69, 9.17) is 4.74 Å². The van der Waals surface area contributed by atoms with Gasteiger partial charge in [-0.1, -0.05) is 31.5 Å². The van der Waals surface area contributed by atoms with Crippen molar-refractivity contribution in [3.8, 4) is 5.75 Å². The van der Waals surface area contributed by atoms with Gasteiger partial charge < -0.3 is 10.1 Å². The number of sulfonamides is 1. The Balaban J connectivity index is 1.79. The van der Waals surface area contributed by atoms with Crippen LogP contribution in [0.2, 0.25) is 0 Å². The fourth-order valence-electron chi connectivity index (χ4n) is 3.47. The molecule has 2 aromatic carbocycles. The summed E-state index contributed by atoms with van der Waals surface area (Å²) in [5, 5.41) is 2.83. The molecule has 3 rings (SSSR count). The minimum Gasteiger partial charge on any atom is -0.495 e. The van der Waals surface area contributed by atoms with Crippen molar-refractivity contribution >= 4 is 27.7 Å². The smallest absolute Gasteiger partial charge is 0.248 e. The van der Waals surface area contributed by atoms with Crippen molar-refractivity contribution in [2.45, 2.75) is 37.5 Å². The second-order valence-electron chi connectivity index (χ2n) is 7.25. The number of aryl methyl sites for hydroxylation is 1. The largest absolute Gasteiger partial charge is 0.495 e. The molecule has 30 heavy (non-hydrogen) atoms. The zero-order valence-corrected chi connectivity index (χ0v) is 18.2. The highest BCUT2D eigenvalue weighted by Gasteiger charge is 2.28. The lowest BCUT2D eigenvalue weighted by Gasteiger charge is -2.26. The Morgan fingerprint density at radius 1 is 1.13 bits per heavy atom. The first-order valence-electron chi connectivity index (χ1n) is 10.2. The minimum absolute atomic E-state index is 0.130. The fourth-order valence-corrected chi connectivity index (χ4v) is 5.18. The average Bonchev–Trinajstić information content (AvgIpc) is 2.78. The van der Waals surface area contributed by atoms with Crippen LogP contribution in [-0.4, -0.2) is 38.8 Å². The number of amides is 1. The molecule has 1 amide bonds. The number of nitrogens with zero attached hydrogens (tertiary/aromatic N) is 1. The van der Waals surface area contributed by atoms with Gasteiger partial charge in [-0.05, 0) is 60.7 Å². The first kappa shape index (κ1) is 22.1. The number of hydrogen-bond acceptors (Lipinski definition) is 4. The number of ether oxygens (including phenoxy) is 1. The van der Waals surface area contributed by atoms with Crippen LogP contribution >= 0.6 is 0 Å². The molecule has 0 atom stereocenters. The number of anilines is 1. The molecule has 0 aliphatic carbocycles. The van der Waals surface area contributed by atoms with Crippen molar-refractivity contribution in [2.75, 3.05) is 25.5 Å². The minimum atomic E-state index is -3.65. The molecular formula is C23H28N2O4S. The van der Waals surface area contributed by atoms with Crippen molar-refractivity contribution < 1.29 is 17.9 Å². The topological polar surface area (TPSA) is 75.7 Å². The summed E-state index contributed by atoms with van der Waals surface area (Å²) in [6, 6.07) is 12.6. The van der Waals surface area contributed by atoms with E-state index in [1.54, 1.807) is 24.3 Å². The number of methoxy groups -OCH3 is 1. The number of carbonyl (C=O) groups is 1. The summed E-state index contributed by atoms with van der Waals surface area (Å²) in [6.07, 6.45) is 6.66. The van der Waals surface area contributed by atoms with Gasteiger partial charge in [-0.2, -0.15) is 4.31 Å². The monoisotopic (exact) mass is 428 g/mol. The molecule has 0 radical (unpaired) electrons. The van der Waals surface area contributed by atoms with Gasteiger partial charge in [-0.15, -0.1) is 0 Å². The highest BCUT2D eigenvalue weighted by atomic mass is 32.2. The van der Waals surface area contributed by atoms with Gasteiger partial charge in [0.1, 0.15) is 10.6 Å². The van der Waals surface area contributed by atoms with E-state index in [1.165, 1.54) is 17.5 Å². The van der Waals surface area contributed by atoms with Crippen molar-refractivity contribution in [1.82, 2.24) is 4.31 Å². The summed E-state index contributed by atoms with van der Waals surface area (Å²) in [5.74, 6) is 0.0260. The summed E-state index contributed by atoms with van der Waals surface area (Å²) in [4.78, 5) is 12.4. The van der Waals surface area contributed by atoms with Crippen LogP contribution < -0.4 is 10.1 Å². The predicted octanol–water partition coefficient (Wildman–Crippen LogP) is 4.08. The summed E-state index contributed by atoms with van der Waals surface area (Å²) >= 11 is 0. The highest BCUT2D eigenvalue weighted by molar-refractivity contribution is 7.89. The van der Waals surface area contributed by atoms with E-state index in [-0.39, 0.29) is 10.8 Å². The van der Waals surface area contributed by atoms with Crippen molar-refractivity contribution in [2.24, 2.45) is 0 Å². The number of piperidine rings is 1. The third-order valence-corrected chi connectivity index (χ3v) is 7.07. The molecular weight excluding hydrogens is 400 g/mol. The molecule has 1 fully saturated rings. The number of nitrogens with one attached hydrogen (secondary N) is 1. The van der Waals surface area contributed by atoms with Gasteiger partial charge in [-0.25, -0.2) is 8.42 Å². The Morgan fingerprint density at radius 3 is 2.60 bits per heavy atom. The van der Waals surface area contributed by atoms with Gasteiger partial charge in [0.25, 0.3) is 0 Å². The van der Waals surface area contributed by atoms with Gasteiger partial charge in [-0.3, -0.25) is 4.79 Å². The quantitative estimate of drug-likeness (QED) is 0.674. The van der Waals surface area contributed by atoms with Crippen LogP contribution in [0.3, 0.4) is 0 Å². The van der Waals surface area contributed by atoms with Crippen molar-refractivity contribution in [3.05, 3.63) is 59.7 Å². The van der Waals surface area contributed by atoms with Crippen LogP contribution in [0.25, 0.3) is 6.08 Å². The standard InChI is InChI=1S/C23H28N2O4S/c1-3-18-8-7-9-20(16-18)24-23(26)13-11-19-10-12-21(29-2)22(17-19)30(27,28)25-14-5-4-6-15-25/h7-13,16-17H,3-6,14-15H2,1-2H3,(H,24,26)/b13-11+. The van der Waals surface area contributed by atoms with Crippen molar-refractivity contribution in [3.63, 3.8) is 0 Å². The van der Waals surface area contributed by atoms with Gasteiger partial charge in [0, 0.05) is 24.9 Å². The van der Waals surface area contributed by atoms with Gasteiger partial charge in [0.15, 0.2) is 0 Å². The van der Waals surface area contributed by atoms with Gasteiger partial charge in [0.2, 0.25) is 15.9 Å². The number of rotatable bonds is 7. The number of hydrogen-bond donors (Lipinski definition) is 1. The molecule has 1 aliphatic heterocycles. The second-order valence-corrected chi connectivity index (χ2v) is 9.16. The van der Waals surface area contributed by atoms with E-state index in [0.29, 0.717) is 24.4 Å². The molecule has 0 aromatic heterocycles. The molecule has 1 aliphatic rings. The molecule has 6 nitrogen and oxygen atoms in total. The van der Waals surface area contributed by atoms with E-state index >= 15 is 0 Å². The van der Waals surface area contributed by atoms with Crippen LogP contribution in [0.1, 0.15) is 37.3 Å². The first-order chi connectivity index (χ1) is 14.4. The summed E-state index contributed by atoms with van der Waals surface area (Å²) in [5.41, 5.74) is 2.48. The molecule has 160 valence electrons. The Morgan fingerprint density at radius 2 is 1.90 bits per heavy atom. The predicted molar refractivity (Wildman–Crippen MR) is 119 cm³/mol. The van der Waals surface area contributed by atoms with Crippen LogP contribution in [-0.2, 0) is 21.2 Å². The number of benzene rings is 2. The molecule has 1 saturated heterocycles. The Kier molecular flexibility index (Phi) is 7.29. The third kappa shape index (κ3) is 5.29. The average molecular weight is 429 g/mol. The van der Waals surface area contributed by atoms with Crippen molar-refractivity contribution in [1.29, 1.82) is 0 Å². The molecule has 0 bridgehead atoms. The maximum atomic E-state index is 13.1. The van der Waals surface area contributed by atoms with Crippen LogP contribution in [0.15, 0.2) is 53.4 Å². The molecule has 1 heterocycles. The van der Waals surface area contributed by atoms with Gasteiger partial charge in [0.05, 0.1) is 7.11 Å². The van der Waals surface area contributed by atoms with Crippen LogP contribution in [0, 0.1) is 0 Å². The summed E-state index contributed by atoms with van der Waals surface area (Å²) in [6.45, 7) is 3.09.